The zero-order valence-electron chi connectivity index (χ0n) is 14.7. The lowest BCUT2D eigenvalue weighted by Crippen LogP contribution is -2.38. The molecule has 0 radical (unpaired) electrons. The molecule has 144 valence electrons. The van der Waals surface area contributed by atoms with E-state index in [1.165, 1.54) is 23.6 Å². The van der Waals surface area contributed by atoms with Crippen LogP contribution >= 0.6 is 23.4 Å². The number of anilines is 1. The molecule has 2 unspecified atom stereocenters. The first kappa shape index (κ1) is 19.6. The summed E-state index contributed by atoms with van der Waals surface area (Å²) in [6.07, 6.45) is 1.58. The Hall–Kier alpha value is -2.19. The number of cyclic esters (lactones) is 1. The van der Waals surface area contributed by atoms with Crippen LogP contribution < -0.4 is 15.5 Å². The Morgan fingerprint density at radius 2 is 2.04 bits per heavy atom. The number of thioether (sulfide) groups is 1. The number of nitrogens with one attached hydrogen (secondary N) is 2. The van der Waals surface area contributed by atoms with Crippen molar-refractivity contribution in [3.63, 3.8) is 0 Å². The topological polar surface area (TPSA) is 87.7 Å². The van der Waals surface area contributed by atoms with Crippen molar-refractivity contribution in [1.29, 1.82) is 0 Å². The number of halogens is 1. The summed E-state index contributed by atoms with van der Waals surface area (Å²) in [6.45, 7) is 2.52. The maximum Gasteiger partial charge on any atom is 0.414 e. The van der Waals surface area contributed by atoms with Crippen molar-refractivity contribution in [3.8, 4) is 0 Å². The van der Waals surface area contributed by atoms with Crippen LogP contribution in [-0.2, 0) is 20.9 Å². The van der Waals surface area contributed by atoms with E-state index < -0.39 is 12.2 Å². The van der Waals surface area contributed by atoms with Gasteiger partial charge in [0.2, 0.25) is 11.8 Å². The van der Waals surface area contributed by atoms with E-state index in [0.29, 0.717) is 29.6 Å². The molecule has 1 aromatic rings. The van der Waals surface area contributed by atoms with E-state index in [-0.39, 0.29) is 23.6 Å². The normalized spacial score (nSPS) is 21.6. The Morgan fingerprint density at radius 3 is 2.67 bits per heavy atom. The number of allylic oxidation sites excluding steroid dienone is 1. The minimum Gasteiger partial charge on any atom is -0.442 e. The Bertz CT molecular complexity index is 768. The molecule has 1 saturated heterocycles. The van der Waals surface area contributed by atoms with Crippen LogP contribution in [0.5, 0.6) is 0 Å². The van der Waals surface area contributed by atoms with Gasteiger partial charge in [0.15, 0.2) is 0 Å². The van der Waals surface area contributed by atoms with E-state index in [1.807, 2.05) is 30.3 Å². The molecule has 0 aliphatic carbocycles. The fourth-order valence-corrected chi connectivity index (χ4v) is 4.04. The molecular formula is C18H20ClN3O4S. The molecule has 3 amide bonds. The minimum absolute atomic E-state index is 0.0962. The molecule has 0 saturated carbocycles. The molecule has 2 aliphatic rings. The van der Waals surface area contributed by atoms with E-state index in [2.05, 4.69) is 10.6 Å². The van der Waals surface area contributed by atoms with Gasteiger partial charge in [0, 0.05) is 19.2 Å². The number of hydrogen-bond donors (Lipinski definition) is 2. The molecule has 9 heteroatoms. The largest absolute Gasteiger partial charge is 0.442 e. The maximum atomic E-state index is 12.1. The van der Waals surface area contributed by atoms with Crippen LogP contribution in [0.3, 0.4) is 0 Å². The van der Waals surface area contributed by atoms with Crippen molar-refractivity contribution in [2.24, 2.45) is 0 Å². The summed E-state index contributed by atoms with van der Waals surface area (Å²) in [6, 6.07) is 7.31. The lowest BCUT2D eigenvalue weighted by molar-refractivity contribution is -0.121. The second-order valence-corrected chi connectivity index (χ2v) is 8.16. The van der Waals surface area contributed by atoms with Crippen molar-refractivity contribution in [2.75, 3.05) is 18.0 Å². The van der Waals surface area contributed by atoms with Gasteiger partial charge in [-0.15, -0.1) is 11.8 Å². The summed E-state index contributed by atoms with van der Waals surface area (Å²) in [4.78, 5) is 36.7. The van der Waals surface area contributed by atoms with Gasteiger partial charge in [-0.3, -0.25) is 14.5 Å². The van der Waals surface area contributed by atoms with Crippen molar-refractivity contribution in [2.45, 2.75) is 31.2 Å². The van der Waals surface area contributed by atoms with Crippen LogP contribution in [-0.4, -0.2) is 42.4 Å². The fourth-order valence-electron chi connectivity index (χ4n) is 2.78. The second-order valence-electron chi connectivity index (χ2n) is 6.29. The van der Waals surface area contributed by atoms with Crippen LogP contribution in [0.2, 0.25) is 0 Å². The molecule has 2 aliphatic heterocycles. The first-order valence-electron chi connectivity index (χ1n) is 8.54. The minimum atomic E-state index is -0.441. The Kier molecular flexibility index (Phi) is 6.28. The summed E-state index contributed by atoms with van der Waals surface area (Å²) < 4.78 is 5.98. The van der Waals surface area contributed by atoms with Gasteiger partial charge in [-0.05, 0) is 24.1 Å². The lowest BCUT2D eigenvalue weighted by Gasteiger charge is -2.14. The third kappa shape index (κ3) is 5.17. The highest BCUT2D eigenvalue weighted by molar-refractivity contribution is 8.06. The van der Waals surface area contributed by atoms with Crippen molar-refractivity contribution < 1.29 is 19.1 Å². The predicted molar refractivity (Wildman–Crippen MR) is 105 cm³/mol. The molecule has 0 spiro atoms. The highest BCUT2D eigenvalue weighted by atomic mass is 35.5. The number of benzene rings is 1. The summed E-state index contributed by atoms with van der Waals surface area (Å²) >= 11 is 7.21. The third-order valence-corrected chi connectivity index (χ3v) is 5.71. The van der Waals surface area contributed by atoms with Gasteiger partial charge in [-0.1, -0.05) is 29.8 Å². The molecule has 2 heterocycles. The van der Waals surface area contributed by atoms with Gasteiger partial charge in [0.25, 0.3) is 0 Å². The average molecular weight is 410 g/mol. The average Bonchev–Trinajstić information content (AvgIpc) is 3.24. The van der Waals surface area contributed by atoms with Crippen LogP contribution in [0, 0.1) is 0 Å². The third-order valence-electron chi connectivity index (χ3n) is 4.21. The molecule has 3 rings (SSSR count). The number of rotatable bonds is 6. The van der Waals surface area contributed by atoms with Crippen LogP contribution in [0.4, 0.5) is 10.5 Å². The Balaban J connectivity index is 1.50. The van der Waals surface area contributed by atoms with E-state index in [9.17, 15) is 14.4 Å². The van der Waals surface area contributed by atoms with E-state index in [1.54, 1.807) is 0 Å². The van der Waals surface area contributed by atoms with E-state index in [4.69, 9.17) is 16.3 Å². The molecule has 1 fully saturated rings. The highest BCUT2D eigenvalue weighted by Crippen LogP contribution is 2.34. The maximum absolute atomic E-state index is 12.1. The van der Waals surface area contributed by atoms with Gasteiger partial charge in [0.05, 0.1) is 22.7 Å². The molecule has 27 heavy (non-hydrogen) atoms. The number of carbonyl (C=O) groups is 3. The number of nitrogens with zero attached hydrogens (tertiary/aromatic N) is 1. The Labute approximate surface area is 166 Å². The van der Waals surface area contributed by atoms with Crippen molar-refractivity contribution >= 4 is 47.0 Å². The SMILES string of the molecule is CC(=O)NCc1ccc(N2CC(CNC(=O)C3CC=C(Cl)S3)OC2=O)cc1. The zero-order chi connectivity index (χ0) is 19.4. The fraction of sp³-hybridized carbons (Fsp3) is 0.389. The predicted octanol–water partition coefficient (Wildman–Crippen LogP) is 2.35. The van der Waals surface area contributed by atoms with Crippen molar-refractivity contribution in [1.82, 2.24) is 10.6 Å². The lowest BCUT2D eigenvalue weighted by atomic mass is 10.2. The summed E-state index contributed by atoms with van der Waals surface area (Å²) in [7, 11) is 0. The first-order chi connectivity index (χ1) is 12.9. The first-order valence-corrected chi connectivity index (χ1v) is 9.79. The van der Waals surface area contributed by atoms with Gasteiger partial charge in [-0.2, -0.15) is 0 Å². The summed E-state index contributed by atoms with van der Waals surface area (Å²) in [5.41, 5.74) is 1.65. The number of carbonyl (C=O) groups excluding carboxylic acids is 3. The number of ether oxygens (including phenoxy) is 1. The van der Waals surface area contributed by atoms with E-state index >= 15 is 0 Å². The summed E-state index contributed by atoms with van der Waals surface area (Å²) in [5.74, 6) is -0.204. The van der Waals surface area contributed by atoms with Crippen molar-refractivity contribution in [3.05, 3.63) is 40.3 Å². The zero-order valence-corrected chi connectivity index (χ0v) is 16.3. The number of amides is 3. The molecule has 0 aromatic heterocycles. The molecule has 0 bridgehead atoms. The second kappa shape index (κ2) is 8.67. The smallest absolute Gasteiger partial charge is 0.414 e. The van der Waals surface area contributed by atoms with Gasteiger partial charge < -0.3 is 15.4 Å². The molecule has 7 nitrogen and oxygen atoms in total. The van der Waals surface area contributed by atoms with Crippen LogP contribution in [0.15, 0.2) is 34.7 Å². The standard InChI is InChI=1S/C18H20ClN3O4S/c1-11(23)20-8-12-2-4-13(5-3-12)22-10-14(26-18(22)25)9-21-17(24)15-6-7-16(19)27-15/h2-5,7,14-15H,6,8-10H2,1H3,(H,20,23)(H,21,24). The molecule has 1 aromatic carbocycles. The molecule has 2 N–H and O–H groups in total. The van der Waals surface area contributed by atoms with Crippen LogP contribution in [0.1, 0.15) is 18.9 Å². The molecular weight excluding hydrogens is 390 g/mol. The molecule has 2 atom stereocenters. The van der Waals surface area contributed by atoms with Crippen LogP contribution in [0.25, 0.3) is 0 Å². The Morgan fingerprint density at radius 1 is 1.30 bits per heavy atom. The van der Waals surface area contributed by atoms with Gasteiger partial charge in [-0.25, -0.2) is 4.79 Å². The van der Waals surface area contributed by atoms with Gasteiger partial charge in [0.1, 0.15) is 6.10 Å². The quantitative estimate of drug-likeness (QED) is 0.753. The number of hydrogen-bond acceptors (Lipinski definition) is 5. The highest BCUT2D eigenvalue weighted by Gasteiger charge is 2.33. The summed E-state index contributed by atoms with van der Waals surface area (Å²) in [5, 5.41) is 5.32. The van der Waals surface area contributed by atoms with Gasteiger partial charge >= 0.3 is 6.09 Å². The monoisotopic (exact) mass is 409 g/mol. The van der Waals surface area contributed by atoms with E-state index in [0.717, 1.165) is 5.56 Å².